The Morgan fingerprint density at radius 2 is 1.96 bits per heavy atom. The van der Waals surface area contributed by atoms with Gasteiger partial charge in [0, 0.05) is 37.7 Å². The van der Waals surface area contributed by atoms with Crippen LogP contribution in [0, 0.1) is 6.92 Å². The summed E-state index contributed by atoms with van der Waals surface area (Å²) in [5, 5.41) is 3.68. The molecule has 4 rings (SSSR count). The third-order valence-corrected chi connectivity index (χ3v) is 5.35. The van der Waals surface area contributed by atoms with Gasteiger partial charge in [0.25, 0.3) is 0 Å². The molecule has 1 fully saturated rings. The minimum atomic E-state index is 0.175. The summed E-state index contributed by atoms with van der Waals surface area (Å²) in [6, 6.07) is 12.4. The molecule has 1 N–H and O–H groups in total. The van der Waals surface area contributed by atoms with E-state index in [-0.39, 0.29) is 5.54 Å². The predicted molar refractivity (Wildman–Crippen MR) is 106 cm³/mol. The van der Waals surface area contributed by atoms with Crippen LogP contribution in [0.5, 0.6) is 5.75 Å². The van der Waals surface area contributed by atoms with Crippen LogP contribution in [0.3, 0.4) is 0 Å². The highest BCUT2D eigenvalue weighted by molar-refractivity contribution is 5.47. The van der Waals surface area contributed by atoms with Crippen molar-refractivity contribution in [3.8, 4) is 5.75 Å². The topological polar surface area (TPSA) is 47.8 Å². The van der Waals surface area contributed by atoms with Gasteiger partial charge in [-0.15, -0.1) is 0 Å². The molecular formula is C22H27N3O2. The van der Waals surface area contributed by atoms with E-state index in [2.05, 4.69) is 42.3 Å². The zero-order valence-electron chi connectivity index (χ0n) is 16.1. The van der Waals surface area contributed by atoms with E-state index in [0.29, 0.717) is 6.61 Å². The minimum Gasteiger partial charge on any atom is -0.487 e. The van der Waals surface area contributed by atoms with Crippen LogP contribution in [0.4, 0.5) is 0 Å². The lowest BCUT2D eigenvalue weighted by molar-refractivity contribution is 0.0446. The first kappa shape index (κ1) is 18.0. The molecular weight excluding hydrogens is 338 g/mol. The molecule has 0 unspecified atom stereocenters. The first-order chi connectivity index (χ1) is 13.1. The summed E-state index contributed by atoms with van der Waals surface area (Å²) in [4.78, 5) is 4.65. The van der Waals surface area contributed by atoms with E-state index < -0.39 is 0 Å². The number of nitrogens with one attached hydrogen (secondary N) is 1. The van der Waals surface area contributed by atoms with Crippen LogP contribution in [0.25, 0.3) is 5.65 Å². The highest BCUT2D eigenvalue weighted by Gasteiger charge is 2.26. The Morgan fingerprint density at radius 3 is 2.70 bits per heavy atom. The maximum Gasteiger partial charge on any atom is 0.140 e. The lowest BCUT2D eigenvalue weighted by atomic mass is 9.92. The fourth-order valence-corrected chi connectivity index (χ4v) is 3.45. The van der Waals surface area contributed by atoms with Gasteiger partial charge in [0.2, 0.25) is 0 Å². The van der Waals surface area contributed by atoms with Crippen molar-refractivity contribution in [2.24, 2.45) is 0 Å². The SMILES string of the molecule is Cc1cccn2cc(COc3ccc(CNC4(C)CCOCC4)cc3)nc12. The van der Waals surface area contributed by atoms with Crippen molar-refractivity contribution in [3.05, 3.63) is 65.6 Å². The summed E-state index contributed by atoms with van der Waals surface area (Å²) in [7, 11) is 0. The van der Waals surface area contributed by atoms with Crippen LogP contribution in [-0.4, -0.2) is 28.1 Å². The van der Waals surface area contributed by atoms with Crippen molar-refractivity contribution in [1.82, 2.24) is 14.7 Å². The molecule has 0 atom stereocenters. The second kappa shape index (κ2) is 7.71. The lowest BCUT2D eigenvalue weighted by Gasteiger charge is -2.34. The Kier molecular flexibility index (Phi) is 5.14. The third-order valence-electron chi connectivity index (χ3n) is 5.35. The molecule has 1 saturated heterocycles. The Hall–Kier alpha value is -2.37. The van der Waals surface area contributed by atoms with E-state index in [1.165, 1.54) is 11.1 Å². The van der Waals surface area contributed by atoms with Gasteiger partial charge in [-0.05, 0) is 56.0 Å². The molecule has 0 spiro atoms. The van der Waals surface area contributed by atoms with Gasteiger partial charge in [-0.3, -0.25) is 0 Å². The monoisotopic (exact) mass is 365 g/mol. The molecule has 142 valence electrons. The van der Waals surface area contributed by atoms with Crippen LogP contribution in [0.1, 0.15) is 36.6 Å². The molecule has 0 aliphatic carbocycles. The maximum atomic E-state index is 5.92. The van der Waals surface area contributed by atoms with E-state index in [1.54, 1.807) is 0 Å². The van der Waals surface area contributed by atoms with E-state index in [9.17, 15) is 0 Å². The average molecular weight is 365 g/mol. The number of rotatable bonds is 6. The van der Waals surface area contributed by atoms with Crippen LogP contribution in [-0.2, 0) is 17.9 Å². The Morgan fingerprint density at radius 1 is 1.19 bits per heavy atom. The predicted octanol–water partition coefficient (Wildman–Crippen LogP) is 3.88. The van der Waals surface area contributed by atoms with Crippen molar-refractivity contribution >= 4 is 5.65 Å². The Bertz CT molecular complexity index is 896. The summed E-state index contributed by atoms with van der Waals surface area (Å²) in [5.74, 6) is 0.866. The third kappa shape index (κ3) is 4.31. The normalized spacial score (nSPS) is 16.5. The second-order valence-corrected chi connectivity index (χ2v) is 7.61. The maximum absolute atomic E-state index is 5.92. The number of nitrogens with zero attached hydrogens (tertiary/aromatic N) is 2. The van der Waals surface area contributed by atoms with Gasteiger partial charge in [0.1, 0.15) is 18.0 Å². The largest absolute Gasteiger partial charge is 0.487 e. The van der Waals surface area contributed by atoms with Gasteiger partial charge in [0.05, 0.1) is 5.69 Å². The average Bonchev–Trinajstić information content (AvgIpc) is 3.11. The number of hydrogen-bond donors (Lipinski definition) is 1. The number of aromatic nitrogens is 2. The molecule has 5 heteroatoms. The van der Waals surface area contributed by atoms with Crippen LogP contribution in [0.15, 0.2) is 48.8 Å². The van der Waals surface area contributed by atoms with Gasteiger partial charge in [-0.2, -0.15) is 0 Å². The summed E-state index contributed by atoms with van der Waals surface area (Å²) < 4.78 is 13.4. The molecule has 0 saturated carbocycles. The highest BCUT2D eigenvalue weighted by Crippen LogP contribution is 2.21. The first-order valence-corrected chi connectivity index (χ1v) is 9.59. The van der Waals surface area contributed by atoms with Gasteiger partial charge < -0.3 is 19.2 Å². The number of pyridine rings is 1. The van der Waals surface area contributed by atoms with Crippen LogP contribution in [0.2, 0.25) is 0 Å². The quantitative estimate of drug-likeness (QED) is 0.720. The number of fused-ring (bicyclic) bond motifs is 1. The molecule has 3 heterocycles. The molecule has 0 bridgehead atoms. The first-order valence-electron chi connectivity index (χ1n) is 9.59. The van der Waals surface area contributed by atoms with Crippen molar-refractivity contribution in [2.75, 3.05) is 13.2 Å². The van der Waals surface area contributed by atoms with Crippen molar-refractivity contribution in [2.45, 2.75) is 45.4 Å². The van der Waals surface area contributed by atoms with Crippen LogP contribution >= 0.6 is 0 Å². The van der Waals surface area contributed by atoms with E-state index >= 15 is 0 Å². The molecule has 1 aliphatic rings. The number of ether oxygens (including phenoxy) is 2. The Labute approximate surface area is 160 Å². The molecule has 5 nitrogen and oxygen atoms in total. The van der Waals surface area contributed by atoms with E-state index in [0.717, 1.165) is 49.7 Å². The minimum absolute atomic E-state index is 0.175. The van der Waals surface area contributed by atoms with Crippen molar-refractivity contribution in [3.63, 3.8) is 0 Å². The molecule has 2 aromatic heterocycles. The van der Waals surface area contributed by atoms with Gasteiger partial charge in [-0.25, -0.2) is 4.98 Å². The fourth-order valence-electron chi connectivity index (χ4n) is 3.45. The number of hydrogen-bond acceptors (Lipinski definition) is 4. The van der Waals surface area contributed by atoms with Gasteiger partial charge in [-0.1, -0.05) is 18.2 Å². The summed E-state index contributed by atoms with van der Waals surface area (Å²) in [5.41, 5.74) is 4.52. The molecule has 1 aromatic carbocycles. The van der Waals surface area contributed by atoms with Crippen molar-refractivity contribution in [1.29, 1.82) is 0 Å². The highest BCUT2D eigenvalue weighted by atomic mass is 16.5. The smallest absolute Gasteiger partial charge is 0.140 e. The Balaban J connectivity index is 1.32. The number of imidazole rings is 1. The molecule has 3 aromatic rings. The summed E-state index contributed by atoms with van der Waals surface area (Å²) in [6.45, 7) is 7.38. The van der Waals surface area contributed by atoms with Crippen LogP contribution < -0.4 is 10.1 Å². The molecule has 0 radical (unpaired) electrons. The van der Waals surface area contributed by atoms with Gasteiger partial charge in [0.15, 0.2) is 0 Å². The van der Waals surface area contributed by atoms with E-state index in [4.69, 9.17) is 9.47 Å². The standard InChI is InChI=1S/C22H27N3O2/c1-17-4-3-11-25-15-19(24-21(17)25)16-27-20-7-5-18(6-8-20)14-23-22(2)9-12-26-13-10-22/h3-8,11,15,23H,9-10,12-14,16H2,1-2H3. The zero-order valence-corrected chi connectivity index (χ0v) is 16.1. The van der Waals surface area contributed by atoms with Gasteiger partial charge >= 0.3 is 0 Å². The summed E-state index contributed by atoms with van der Waals surface area (Å²) >= 11 is 0. The molecule has 1 aliphatic heterocycles. The number of benzene rings is 1. The lowest BCUT2D eigenvalue weighted by Crippen LogP contribution is -2.46. The summed E-state index contributed by atoms with van der Waals surface area (Å²) in [6.07, 6.45) is 6.16. The fraction of sp³-hybridized carbons (Fsp3) is 0.409. The van der Waals surface area contributed by atoms with Crippen molar-refractivity contribution < 1.29 is 9.47 Å². The second-order valence-electron chi connectivity index (χ2n) is 7.61. The van der Waals surface area contributed by atoms with E-state index in [1.807, 2.05) is 35.0 Å². The molecule has 0 amide bonds. The number of aryl methyl sites for hydroxylation is 1. The zero-order chi connectivity index (χ0) is 18.7. The molecule has 27 heavy (non-hydrogen) atoms.